The van der Waals surface area contributed by atoms with Gasteiger partial charge in [0.1, 0.15) is 10.1 Å². The molecule has 2 heterocycles. The molecule has 3 nitrogen and oxygen atoms in total. The molecule has 1 aliphatic carbocycles. The van der Waals surface area contributed by atoms with E-state index < -0.39 is 0 Å². The molecule has 0 saturated heterocycles. The highest BCUT2D eigenvalue weighted by Gasteiger charge is 2.19. The largest absolute Gasteiger partial charge is 0.310 e. The molecule has 3 rings (SSSR count). The third kappa shape index (κ3) is 3.93. The van der Waals surface area contributed by atoms with Crippen molar-refractivity contribution >= 4 is 23.4 Å². The topological polar surface area (TPSA) is 37.8 Å². The van der Waals surface area contributed by atoms with Gasteiger partial charge in [-0.05, 0) is 36.6 Å². The third-order valence-corrected chi connectivity index (χ3v) is 4.00. The Bertz CT molecular complexity index is 538. The molecule has 1 saturated carbocycles. The van der Waals surface area contributed by atoms with Crippen molar-refractivity contribution in [2.24, 2.45) is 0 Å². The molecular formula is C14H14ClN3S. The zero-order chi connectivity index (χ0) is 13.1. The first kappa shape index (κ1) is 12.9. The molecule has 0 bridgehead atoms. The molecule has 0 radical (unpaired) electrons. The number of rotatable bonds is 5. The fourth-order valence-electron chi connectivity index (χ4n) is 1.66. The zero-order valence-corrected chi connectivity index (χ0v) is 11.9. The van der Waals surface area contributed by atoms with E-state index in [1.54, 1.807) is 18.0 Å². The molecular weight excluding hydrogens is 278 g/mol. The summed E-state index contributed by atoms with van der Waals surface area (Å²) >= 11 is 7.35. The molecule has 0 unspecified atom stereocenters. The number of hydrogen-bond acceptors (Lipinski definition) is 4. The minimum atomic E-state index is 0.652. The van der Waals surface area contributed by atoms with Gasteiger partial charge in [0, 0.05) is 25.0 Å². The summed E-state index contributed by atoms with van der Waals surface area (Å²) in [5.74, 6) is 0. The summed E-state index contributed by atoms with van der Waals surface area (Å²) in [4.78, 5) is 8.69. The second kappa shape index (κ2) is 5.90. The van der Waals surface area contributed by atoms with Crippen LogP contribution >= 0.6 is 23.4 Å². The van der Waals surface area contributed by atoms with Gasteiger partial charge < -0.3 is 5.32 Å². The second-order valence-corrected chi connectivity index (χ2v) is 6.05. The van der Waals surface area contributed by atoms with Crippen LogP contribution in [0, 0.1) is 0 Å². The molecule has 2 aromatic rings. The Balaban J connectivity index is 1.59. The van der Waals surface area contributed by atoms with E-state index in [0.29, 0.717) is 5.02 Å². The number of nitrogens with zero attached hydrogens (tertiary/aromatic N) is 2. The fourth-order valence-corrected chi connectivity index (χ4v) is 2.46. The highest BCUT2D eigenvalue weighted by molar-refractivity contribution is 7.99. The van der Waals surface area contributed by atoms with Gasteiger partial charge in [-0.1, -0.05) is 29.4 Å². The van der Waals surface area contributed by atoms with E-state index in [1.165, 1.54) is 18.4 Å². The first-order valence-corrected chi connectivity index (χ1v) is 7.47. The minimum Gasteiger partial charge on any atom is -0.310 e. The minimum absolute atomic E-state index is 0.652. The Hall–Kier alpha value is -1.10. The van der Waals surface area contributed by atoms with Crippen molar-refractivity contribution in [1.29, 1.82) is 0 Å². The van der Waals surface area contributed by atoms with Crippen molar-refractivity contribution in [2.45, 2.75) is 35.5 Å². The van der Waals surface area contributed by atoms with Gasteiger partial charge in [0.2, 0.25) is 0 Å². The quantitative estimate of drug-likeness (QED) is 0.914. The summed E-state index contributed by atoms with van der Waals surface area (Å²) in [6, 6.07) is 8.61. The summed E-state index contributed by atoms with van der Waals surface area (Å²) in [5, 5.41) is 5.98. The Morgan fingerprint density at radius 2 is 1.84 bits per heavy atom. The molecule has 1 fully saturated rings. The Labute approximate surface area is 121 Å². The SMILES string of the molecule is Clc1ccc(Sc2ccc(CNC3CC3)cn2)nc1. The van der Waals surface area contributed by atoms with Crippen molar-refractivity contribution < 1.29 is 0 Å². The number of nitrogens with one attached hydrogen (secondary N) is 1. The monoisotopic (exact) mass is 291 g/mol. The van der Waals surface area contributed by atoms with Crippen LogP contribution in [0.4, 0.5) is 0 Å². The fraction of sp³-hybridized carbons (Fsp3) is 0.286. The number of aromatic nitrogens is 2. The van der Waals surface area contributed by atoms with Crippen LogP contribution in [0.2, 0.25) is 5.02 Å². The summed E-state index contributed by atoms with van der Waals surface area (Å²) in [6.07, 6.45) is 6.19. The molecule has 19 heavy (non-hydrogen) atoms. The predicted molar refractivity (Wildman–Crippen MR) is 77.5 cm³/mol. The number of pyridine rings is 2. The van der Waals surface area contributed by atoms with Crippen molar-refractivity contribution in [1.82, 2.24) is 15.3 Å². The molecule has 5 heteroatoms. The summed E-state index contributed by atoms with van der Waals surface area (Å²) in [5.41, 5.74) is 1.22. The van der Waals surface area contributed by atoms with Gasteiger partial charge in [-0.3, -0.25) is 0 Å². The lowest BCUT2D eigenvalue weighted by atomic mass is 10.3. The molecule has 0 aromatic carbocycles. The van der Waals surface area contributed by atoms with Gasteiger partial charge in [0.05, 0.1) is 5.02 Å². The van der Waals surface area contributed by atoms with E-state index in [9.17, 15) is 0 Å². The highest BCUT2D eigenvalue weighted by Crippen LogP contribution is 2.25. The smallest absolute Gasteiger partial charge is 0.102 e. The van der Waals surface area contributed by atoms with Crippen molar-refractivity contribution in [3.05, 3.63) is 47.2 Å². The Morgan fingerprint density at radius 1 is 1.11 bits per heavy atom. The van der Waals surface area contributed by atoms with Crippen LogP contribution in [0.25, 0.3) is 0 Å². The second-order valence-electron chi connectivity index (χ2n) is 4.58. The first-order chi connectivity index (χ1) is 9.29. The van der Waals surface area contributed by atoms with Crippen LogP contribution in [0.1, 0.15) is 18.4 Å². The van der Waals surface area contributed by atoms with Crippen LogP contribution in [-0.4, -0.2) is 16.0 Å². The van der Waals surface area contributed by atoms with E-state index in [2.05, 4.69) is 21.4 Å². The predicted octanol–water partition coefficient (Wildman–Crippen LogP) is 3.53. The summed E-state index contributed by atoms with van der Waals surface area (Å²) in [7, 11) is 0. The molecule has 0 amide bonds. The number of hydrogen-bond donors (Lipinski definition) is 1. The van der Waals surface area contributed by atoms with Gasteiger partial charge in [0.15, 0.2) is 0 Å². The van der Waals surface area contributed by atoms with Gasteiger partial charge >= 0.3 is 0 Å². The molecule has 0 spiro atoms. The van der Waals surface area contributed by atoms with Crippen LogP contribution < -0.4 is 5.32 Å². The van der Waals surface area contributed by atoms with Gasteiger partial charge in [-0.15, -0.1) is 0 Å². The van der Waals surface area contributed by atoms with Crippen LogP contribution in [-0.2, 0) is 6.54 Å². The highest BCUT2D eigenvalue weighted by atomic mass is 35.5. The van der Waals surface area contributed by atoms with E-state index in [4.69, 9.17) is 11.6 Å². The van der Waals surface area contributed by atoms with E-state index in [-0.39, 0.29) is 0 Å². The number of halogens is 1. The Morgan fingerprint density at radius 3 is 2.42 bits per heavy atom. The first-order valence-electron chi connectivity index (χ1n) is 6.27. The van der Waals surface area contributed by atoms with Crippen LogP contribution in [0.3, 0.4) is 0 Å². The third-order valence-electron chi connectivity index (χ3n) is 2.88. The van der Waals surface area contributed by atoms with Crippen molar-refractivity contribution in [3.8, 4) is 0 Å². The average molecular weight is 292 g/mol. The maximum Gasteiger partial charge on any atom is 0.102 e. The Kier molecular flexibility index (Phi) is 4.01. The summed E-state index contributed by atoms with van der Waals surface area (Å²) in [6.45, 7) is 0.905. The molecule has 1 N–H and O–H groups in total. The molecule has 98 valence electrons. The lowest BCUT2D eigenvalue weighted by molar-refractivity contribution is 0.685. The van der Waals surface area contributed by atoms with Crippen LogP contribution in [0.5, 0.6) is 0 Å². The molecule has 0 atom stereocenters. The molecule has 1 aliphatic rings. The van der Waals surface area contributed by atoms with Gasteiger partial charge in [-0.25, -0.2) is 9.97 Å². The van der Waals surface area contributed by atoms with Crippen molar-refractivity contribution in [3.63, 3.8) is 0 Å². The normalized spacial score (nSPS) is 14.6. The molecule has 2 aromatic heterocycles. The lowest BCUT2D eigenvalue weighted by Gasteiger charge is -2.04. The molecule has 0 aliphatic heterocycles. The lowest BCUT2D eigenvalue weighted by Crippen LogP contribution is -2.15. The van der Waals surface area contributed by atoms with Gasteiger partial charge in [-0.2, -0.15) is 0 Å². The maximum absolute atomic E-state index is 5.81. The maximum atomic E-state index is 5.81. The standard InChI is InChI=1S/C14H14ClN3S/c15-11-2-6-14(18-9-11)19-13-5-1-10(8-17-13)7-16-12-3-4-12/h1-2,5-6,8-9,12,16H,3-4,7H2. The van der Waals surface area contributed by atoms with Crippen LogP contribution in [0.15, 0.2) is 46.7 Å². The average Bonchev–Trinajstić information content (AvgIpc) is 3.25. The van der Waals surface area contributed by atoms with Gasteiger partial charge in [0.25, 0.3) is 0 Å². The zero-order valence-electron chi connectivity index (χ0n) is 10.3. The van der Waals surface area contributed by atoms with E-state index >= 15 is 0 Å². The van der Waals surface area contributed by atoms with Crippen molar-refractivity contribution in [2.75, 3.05) is 0 Å². The van der Waals surface area contributed by atoms with E-state index in [0.717, 1.165) is 22.6 Å². The summed E-state index contributed by atoms with van der Waals surface area (Å²) < 4.78 is 0. The van der Waals surface area contributed by atoms with E-state index in [1.807, 2.05) is 24.4 Å².